The van der Waals surface area contributed by atoms with Crippen molar-refractivity contribution in [1.82, 2.24) is 4.90 Å². The zero-order valence-corrected chi connectivity index (χ0v) is 13.2. The van der Waals surface area contributed by atoms with Gasteiger partial charge in [0, 0.05) is 17.3 Å². The fraction of sp³-hybridized carbons (Fsp3) is 0.533. The molecule has 0 aromatic heterocycles. The predicted octanol–water partition coefficient (Wildman–Crippen LogP) is 4.31. The van der Waals surface area contributed by atoms with Gasteiger partial charge in [0.05, 0.1) is 0 Å². The Morgan fingerprint density at radius 1 is 1.22 bits per heavy atom. The van der Waals surface area contributed by atoms with Crippen molar-refractivity contribution in [3.8, 4) is 0 Å². The van der Waals surface area contributed by atoms with E-state index >= 15 is 0 Å². The molecule has 4 nitrogen and oxygen atoms in total. The number of benzene rings is 1. The van der Waals surface area contributed by atoms with Gasteiger partial charge in [0.1, 0.15) is 0 Å². The number of piperidine rings is 1. The zero-order chi connectivity index (χ0) is 16.9. The summed E-state index contributed by atoms with van der Waals surface area (Å²) in [4.78, 5) is 13.4. The van der Waals surface area contributed by atoms with Crippen LogP contribution in [0.5, 0.6) is 0 Å². The maximum absolute atomic E-state index is 13.1. The third-order valence-electron chi connectivity index (χ3n) is 3.58. The molecule has 0 bridgehead atoms. The number of halogens is 4. The number of hydrogen-bond acceptors (Lipinski definition) is 3. The standard InChI is InChI=1S/C15H18ClF3N2O2/c16-11-4-6-12(7-5-11)20-14(22)23-13(15(17,18)19)10-21-8-2-1-3-9-21/h4-7,13H,1-3,8-10H2,(H,20,22)/t13-/m0/s1. The molecule has 0 saturated carbocycles. The smallest absolute Gasteiger partial charge is 0.426 e. The molecule has 2 rings (SSSR count). The number of carbonyl (C=O) groups is 1. The highest BCUT2D eigenvalue weighted by Gasteiger charge is 2.44. The second-order valence-electron chi connectivity index (χ2n) is 5.43. The molecule has 1 aromatic rings. The highest BCUT2D eigenvalue weighted by Crippen LogP contribution is 2.25. The number of nitrogens with one attached hydrogen (secondary N) is 1. The van der Waals surface area contributed by atoms with E-state index in [1.807, 2.05) is 0 Å². The first kappa shape index (κ1) is 17.9. The van der Waals surface area contributed by atoms with Crippen LogP contribution >= 0.6 is 11.6 Å². The summed E-state index contributed by atoms with van der Waals surface area (Å²) in [6.07, 6.45) is -5.14. The summed E-state index contributed by atoms with van der Waals surface area (Å²) in [6.45, 7) is 0.848. The number of nitrogens with zero attached hydrogens (tertiary/aromatic N) is 1. The maximum Gasteiger partial charge on any atom is 0.426 e. The lowest BCUT2D eigenvalue weighted by Gasteiger charge is -2.30. The van der Waals surface area contributed by atoms with Crippen LogP contribution in [0.3, 0.4) is 0 Å². The van der Waals surface area contributed by atoms with Gasteiger partial charge >= 0.3 is 12.3 Å². The molecular formula is C15H18ClF3N2O2. The Balaban J connectivity index is 1.93. The monoisotopic (exact) mass is 350 g/mol. The van der Waals surface area contributed by atoms with Crippen LogP contribution in [0.15, 0.2) is 24.3 Å². The molecule has 23 heavy (non-hydrogen) atoms. The number of ether oxygens (including phenoxy) is 1. The van der Waals surface area contributed by atoms with E-state index in [2.05, 4.69) is 10.1 Å². The number of hydrogen-bond donors (Lipinski definition) is 1. The molecule has 1 N–H and O–H groups in total. The van der Waals surface area contributed by atoms with E-state index in [4.69, 9.17) is 11.6 Å². The van der Waals surface area contributed by atoms with Crippen LogP contribution in [0.25, 0.3) is 0 Å². The maximum atomic E-state index is 13.1. The van der Waals surface area contributed by atoms with Crippen LogP contribution < -0.4 is 5.32 Å². The van der Waals surface area contributed by atoms with Crippen molar-refractivity contribution < 1.29 is 22.7 Å². The molecule has 0 radical (unpaired) electrons. The van der Waals surface area contributed by atoms with Crippen LogP contribution in [-0.4, -0.2) is 42.9 Å². The normalized spacial score (nSPS) is 17.6. The molecular weight excluding hydrogens is 333 g/mol. The minimum absolute atomic E-state index is 0.318. The fourth-order valence-corrected chi connectivity index (χ4v) is 2.52. The first-order chi connectivity index (χ1) is 10.8. The number of alkyl halides is 3. The van der Waals surface area contributed by atoms with E-state index < -0.39 is 18.4 Å². The first-order valence-electron chi connectivity index (χ1n) is 7.37. The average molecular weight is 351 g/mol. The molecule has 0 unspecified atom stereocenters. The SMILES string of the molecule is O=C(Nc1ccc(Cl)cc1)O[C@@H](CN1CCCCC1)C(F)(F)F. The summed E-state index contributed by atoms with van der Waals surface area (Å²) < 4.78 is 43.8. The molecule has 1 aliphatic heterocycles. The van der Waals surface area contributed by atoms with Crippen molar-refractivity contribution in [2.45, 2.75) is 31.5 Å². The van der Waals surface area contributed by atoms with E-state index in [9.17, 15) is 18.0 Å². The Hall–Kier alpha value is -1.47. The van der Waals surface area contributed by atoms with E-state index in [1.54, 1.807) is 4.90 Å². The minimum Gasteiger partial charge on any atom is -0.435 e. The topological polar surface area (TPSA) is 41.6 Å². The fourth-order valence-electron chi connectivity index (χ4n) is 2.39. The Labute approximate surface area is 137 Å². The van der Waals surface area contributed by atoms with E-state index in [-0.39, 0.29) is 6.54 Å². The summed E-state index contributed by atoms with van der Waals surface area (Å²) in [5.74, 6) is 0. The van der Waals surface area contributed by atoms with Crippen molar-refractivity contribution in [1.29, 1.82) is 0 Å². The van der Waals surface area contributed by atoms with Gasteiger partial charge in [-0.1, -0.05) is 18.0 Å². The number of likely N-dealkylation sites (tertiary alicyclic amines) is 1. The minimum atomic E-state index is -4.60. The van der Waals surface area contributed by atoms with E-state index in [1.165, 1.54) is 24.3 Å². The van der Waals surface area contributed by atoms with Crippen molar-refractivity contribution in [2.75, 3.05) is 25.0 Å². The quantitative estimate of drug-likeness (QED) is 0.880. The summed E-state index contributed by atoms with van der Waals surface area (Å²) in [5, 5.41) is 2.73. The second kappa shape index (κ2) is 7.88. The molecule has 1 heterocycles. The third-order valence-corrected chi connectivity index (χ3v) is 3.83. The second-order valence-corrected chi connectivity index (χ2v) is 5.87. The Kier molecular flexibility index (Phi) is 6.12. The van der Waals surface area contributed by atoms with Gasteiger partial charge in [-0.25, -0.2) is 4.79 Å². The van der Waals surface area contributed by atoms with Crippen molar-refractivity contribution >= 4 is 23.4 Å². The largest absolute Gasteiger partial charge is 0.435 e. The highest BCUT2D eigenvalue weighted by atomic mass is 35.5. The molecule has 1 aliphatic rings. The molecule has 8 heteroatoms. The molecule has 0 spiro atoms. The lowest BCUT2D eigenvalue weighted by Crippen LogP contribution is -2.46. The first-order valence-corrected chi connectivity index (χ1v) is 7.74. The molecule has 1 amide bonds. The number of amides is 1. The number of rotatable bonds is 4. The lowest BCUT2D eigenvalue weighted by molar-refractivity contribution is -0.207. The van der Waals surface area contributed by atoms with Gasteiger partial charge in [0.25, 0.3) is 0 Å². The Morgan fingerprint density at radius 3 is 2.39 bits per heavy atom. The summed E-state index contributed by atoms with van der Waals surface area (Å²) in [7, 11) is 0. The molecule has 1 atom stereocenters. The van der Waals surface area contributed by atoms with Gasteiger partial charge in [-0.3, -0.25) is 10.2 Å². The van der Waals surface area contributed by atoms with Crippen LogP contribution in [0.2, 0.25) is 5.02 Å². The molecule has 1 aromatic carbocycles. The molecule has 1 saturated heterocycles. The summed E-state index contributed by atoms with van der Waals surface area (Å²) >= 11 is 5.70. The Morgan fingerprint density at radius 2 is 1.83 bits per heavy atom. The number of anilines is 1. The molecule has 0 aliphatic carbocycles. The zero-order valence-electron chi connectivity index (χ0n) is 12.4. The van der Waals surface area contributed by atoms with Crippen LogP contribution in [-0.2, 0) is 4.74 Å². The molecule has 1 fully saturated rings. The highest BCUT2D eigenvalue weighted by molar-refractivity contribution is 6.30. The van der Waals surface area contributed by atoms with Gasteiger partial charge in [-0.15, -0.1) is 0 Å². The average Bonchev–Trinajstić information content (AvgIpc) is 2.49. The van der Waals surface area contributed by atoms with Crippen molar-refractivity contribution in [3.63, 3.8) is 0 Å². The summed E-state index contributed by atoms with van der Waals surface area (Å²) in [5.41, 5.74) is 0.318. The predicted molar refractivity (Wildman–Crippen MR) is 81.7 cm³/mol. The van der Waals surface area contributed by atoms with Gasteiger partial charge < -0.3 is 4.74 Å². The van der Waals surface area contributed by atoms with Gasteiger partial charge in [0.15, 0.2) is 0 Å². The van der Waals surface area contributed by atoms with Gasteiger partial charge in [-0.05, 0) is 50.2 Å². The van der Waals surface area contributed by atoms with Gasteiger partial charge in [0.2, 0.25) is 6.10 Å². The van der Waals surface area contributed by atoms with Gasteiger partial charge in [-0.2, -0.15) is 13.2 Å². The number of carbonyl (C=O) groups excluding carboxylic acids is 1. The lowest BCUT2D eigenvalue weighted by atomic mass is 10.1. The summed E-state index contributed by atoms with van der Waals surface area (Å²) in [6, 6.07) is 6.01. The van der Waals surface area contributed by atoms with Crippen LogP contribution in [0, 0.1) is 0 Å². The van der Waals surface area contributed by atoms with E-state index in [0.717, 1.165) is 19.3 Å². The van der Waals surface area contributed by atoms with Crippen LogP contribution in [0.4, 0.5) is 23.7 Å². The molecule has 128 valence electrons. The van der Waals surface area contributed by atoms with Crippen LogP contribution in [0.1, 0.15) is 19.3 Å². The third kappa shape index (κ3) is 5.91. The Bertz CT molecular complexity index is 516. The van der Waals surface area contributed by atoms with E-state index in [0.29, 0.717) is 23.8 Å². The van der Waals surface area contributed by atoms with Crippen molar-refractivity contribution in [2.24, 2.45) is 0 Å². The van der Waals surface area contributed by atoms with Crippen molar-refractivity contribution in [3.05, 3.63) is 29.3 Å².